The van der Waals surface area contributed by atoms with Crippen LogP contribution in [0.15, 0.2) is 21.5 Å². The van der Waals surface area contributed by atoms with Crippen LogP contribution >= 0.6 is 15.9 Å². The van der Waals surface area contributed by atoms with Crippen LogP contribution in [0.2, 0.25) is 0 Å². The quantitative estimate of drug-likeness (QED) is 0.666. The van der Waals surface area contributed by atoms with Crippen molar-refractivity contribution in [3.63, 3.8) is 0 Å². The molecule has 1 aliphatic rings. The highest BCUT2D eigenvalue weighted by molar-refractivity contribution is 9.10. The molecule has 2 rings (SSSR count). The van der Waals surface area contributed by atoms with Crippen LogP contribution < -0.4 is 20.9 Å². The predicted molar refractivity (Wildman–Crippen MR) is 118 cm³/mol. The molecule has 30 heavy (non-hydrogen) atoms. The van der Waals surface area contributed by atoms with E-state index in [1.165, 1.54) is 10.6 Å². The number of halogens is 1. The van der Waals surface area contributed by atoms with E-state index < -0.39 is 17.2 Å². The molecule has 1 heterocycles. The number of aromatic nitrogens is 1. The van der Waals surface area contributed by atoms with Crippen molar-refractivity contribution >= 4 is 27.9 Å². The minimum Gasteiger partial charge on any atom is -0.489 e. The van der Waals surface area contributed by atoms with E-state index in [-0.39, 0.29) is 23.6 Å². The summed E-state index contributed by atoms with van der Waals surface area (Å²) in [6.45, 7) is 8.60. The number of rotatable bonds is 5. The lowest BCUT2D eigenvalue weighted by Gasteiger charge is -2.33. The van der Waals surface area contributed by atoms with Crippen molar-refractivity contribution in [1.82, 2.24) is 15.2 Å². The lowest BCUT2D eigenvalue weighted by molar-refractivity contribution is -0.127. The molecule has 1 saturated carbocycles. The number of aryl methyl sites for hydroxylation is 1. The molecule has 0 saturated heterocycles. The molecule has 1 aromatic rings. The van der Waals surface area contributed by atoms with Gasteiger partial charge in [0.25, 0.3) is 5.56 Å². The third kappa shape index (κ3) is 7.04. The molecule has 8 nitrogen and oxygen atoms in total. The Morgan fingerprint density at radius 2 is 1.73 bits per heavy atom. The summed E-state index contributed by atoms with van der Waals surface area (Å²) in [6.07, 6.45) is 4.05. The molecule has 9 heteroatoms. The van der Waals surface area contributed by atoms with E-state index in [0.29, 0.717) is 5.75 Å². The number of carbonyl (C=O) groups excluding carboxylic acids is 2. The highest BCUT2D eigenvalue weighted by Crippen LogP contribution is 2.28. The number of alkyl carbamates (subject to hydrolysis) is 1. The molecular formula is C21H32BrN3O5. The third-order valence-corrected chi connectivity index (χ3v) is 5.42. The topological polar surface area (TPSA) is 98.7 Å². The Kier molecular flexibility index (Phi) is 7.60. The number of nitrogens with zero attached hydrogens (tertiary/aromatic N) is 1. The molecule has 0 spiro atoms. The zero-order valence-corrected chi connectivity index (χ0v) is 20.1. The largest absolute Gasteiger partial charge is 0.489 e. The van der Waals surface area contributed by atoms with E-state index in [0.717, 1.165) is 30.2 Å². The molecule has 0 unspecified atom stereocenters. The van der Waals surface area contributed by atoms with Gasteiger partial charge < -0.3 is 24.7 Å². The lowest BCUT2D eigenvalue weighted by Crippen LogP contribution is -2.57. The molecule has 1 fully saturated rings. The van der Waals surface area contributed by atoms with Crippen molar-refractivity contribution in [2.24, 2.45) is 7.05 Å². The van der Waals surface area contributed by atoms with Crippen LogP contribution in [0.5, 0.6) is 5.75 Å². The second kappa shape index (κ2) is 9.41. The molecule has 0 radical (unpaired) electrons. The minimum atomic E-state index is -1.09. The van der Waals surface area contributed by atoms with Gasteiger partial charge in [-0.05, 0) is 76.2 Å². The fourth-order valence-electron chi connectivity index (χ4n) is 3.16. The first kappa shape index (κ1) is 24.2. The van der Waals surface area contributed by atoms with E-state index in [1.807, 2.05) is 0 Å². The van der Waals surface area contributed by atoms with Gasteiger partial charge in [-0.3, -0.25) is 9.59 Å². The molecule has 2 amide bonds. The van der Waals surface area contributed by atoms with Crippen LogP contribution in [0.4, 0.5) is 4.79 Å². The Bertz CT molecular complexity index is 836. The van der Waals surface area contributed by atoms with Gasteiger partial charge in [-0.1, -0.05) is 0 Å². The van der Waals surface area contributed by atoms with Crippen LogP contribution in [0.25, 0.3) is 0 Å². The normalized spacial score (nSPS) is 19.7. The summed E-state index contributed by atoms with van der Waals surface area (Å²) in [5, 5.41) is 5.64. The van der Waals surface area contributed by atoms with E-state index in [1.54, 1.807) is 47.9 Å². The first-order valence-corrected chi connectivity index (χ1v) is 10.9. The maximum atomic E-state index is 12.7. The Balaban J connectivity index is 1.85. The van der Waals surface area contributed by atoms with Gasteiger partial charge >= 0.3 is 6.09 Å². The highest BCUT2D eigenvalue weighted by Gasteiger charge is 2.34. The maximum Gasteiger partial charge on any atom is 0.408 e. The predicted octanol–water partition coefficient (Wildman–Crippen LogP) is 3.26. The van der Waals surface area contributed by atoms with Gasteiger partial charge in [0, 0.05) is 25.4 Å². The average molecular weight is 486 g/mol. The van der Waals surface area contributed by atoms with Crippen LogP contribution in [-0.4, -0.2) is 39.9 Å². The number of nitrogens with one attached hydrogen (secondary N) is 2. The fraction of sp³-hybridized carbons (Fsp3) is 0.667. The minimum absolute atomic E-state index is 0.00384. The number of ether oxygens (including phenoxy) is 2. The first-order chi connectivity index (χ1) is 13.8. The van der Waals surface area contributed by atoms with Gasteiger partial charge in [0.05, 0.1) is 10.6 Å². The van der Waals surface area contributed by atoms with Crippen LogP contribution in [0, 0.1) is 0 Å². The number of hydrogen-bond donors (Lipinski definition) is 2. The summed E-state index contributed by atoms with van der Waals surface area (Å²) >= 11 is 3.43. The van der Waals surface area contributed by atoms with Crippen LogP contribution in [0.3, 0.4) is 0 Å². The number of amides is 2. The summed E-state index contributed by atoms with van der Waals surface area (Å²) < 4.78 is 13.4. The second-order valence-electron chi connectivity index (χ2n) is 9.25. The standard InChI is InChI=1S/C21H32BrN3O5/c1-20(2,3)30-19(28)24-21(4,5)18(27)23-13-7-9-14(10-8-13)29-16-11-17(26)25(6)12-15(16)22/h11-14H,7-10H2,1-6H3,(H,23,27)(H,24,28)/t13-,14-. The van der Waals surface area contributed by atoms with Gasteiger partial charge in [-0.25, -0.2) is 4.79 Å². The van der Waals surface area contributed by atoms with Crippen LogP contribution in [0.1, 0.15) is 60.3 Å². The maximum absolute atomic E-state index is 12.7. The van der Waals surface area contributed by atoms with Crippen molar-refractivity contribution in [2.75, 3.05) is 0 Å². The number of carbonyl (C=O) groups is 2. The molecule has 168 valence electrons. The van der Waals surface area contributed by atoms with Gasteiger partial charge in [0.1, 0.15) is 16.9 Å². The number of pyridine rings is 1. The van der Waals surface area contributed by atoms with Crippen LogP contribution in [-0.2, 0) is 16.6 Å². The molecule has 2 N–H and O–H groups in total. The molecule has 0 aliphatic heterocycles. The second-order valence-corrected chi connectivity index (χ2v) is 10.1. The van der Waals surface area contributed by atoms with Crippen molar-refractivity contribution in [3.8, 4) is 5.75 Å². The summed E-state index contributed by atoms with van der Waals surface area (Å²) in [6, 6.07) is 1.48. The molecule has 1 aliphatic carbocycles. The third-order valence-electron chi connectivity index (χ3n) is 4.83. The van der Waals surface area contributed by atoms with E-state index >= 15 is 0 Å². The molecule has 1 aromatic heterocycles. The molecule has 0 atom stereocenters. The molecule has 0 aromatic carbocycles. The van der Waals surface area contributed by atoms with E-state index in [4.69, 9.17) is 9.47 Å². The SMILES string of the molecule is Cn1cc(Br)c(O[C@H]2CC[C@H](NC(=O)C(C)(C)NC(=O)OC(C)(C)C)CC2)cc1=O. The first-order valence-electron chi connectivity index (χ1n) is 10.1. The zero-order chi connectivity index (χ0) is 22.7. The van der Waals surface area contributed by atoms with Crippen molar-refractivity contribution in [3.05, 3.63) is 27.1 Å². The Morgan fingerprint density at radius 3 is 2.30 bits per heavy atom. The Labute approximate surface area is 185 Å². The zero-order valence-electron chi connectivity index (χ0n) is 18.5. The summed E-state index contributed by atoms with van der Waals surface area (Å²) in [5.74, 6) is 0.278. The summed E-state index contributed by atoms with van der Waals surface area (Å²) in [4.78, 5) is 36.5. The van der Waals surface area contributed by atoms with Crippen molar-refractivity contribution < 1.29 is 19.1 Å². The highest BCUT2D eigenvalue weighted by atomic mass is 79.9. The Hall–Kier alpha value is -2.03. The molecular weight excluding hydrogens is 454 g/mol. The van der Waals surface area contributed by atoms with Crippen molar-refractivity contribution in [2.45, 2.75) is 83.6 Å². The van der Waals surface area contributed by atoms with Gasteiger partial charge in [0.15, 0.2) is 0 Å². The fourth-order valence-corrected chi connectivity index (χ4v) is 3.67. The van der Waals surface area contributed by atoms with Crippen molar-refractivity contribution in [1.29, 1.82) is 0 Å². The van der Waals surface area contributed by atoms with Gasteiger partial charge in [-0.15, -0.1) is 0 Å². The monoisotopic (exact) mass is 485 g/mol. The van der Waals surface area contributed by atoms with E-state index in [2.05, 4.69) is 26.6 Å². The van der Waals surface area contributed by atoms with E-state index in [9.17, 15) is 14.4 Å². The number of hydrogen-bond acceptors (Lipinski definition) is 5. The molecule has 0 bridgehead atoms. The lowest BCUT2D eigenvalue weighted by atomic mass is 9.92. The smallest absolute Gasteiger partial charge is 0.408 e. The summed E-state index contributed by atoms with van der Waals surface area (Å²) in [7, 11) is 1.68. The Morgan fingerprint density at radius 1 is 1.13 bits per heavy atom. The van der Waals surface area contributed by atoms with Gasteiger partial charge in [-0.2, -0.15) is 0 Å². The summed E-state index contributed by atoms with van der Waals surface area (Å²) in [5.41, 5.74) is -1.86. The average Bonchev–Trinajstić information content (AvgIpc) is 2.59. The van der Waals surface area contributed by atoms with Gasteiger partial charge in [0.2, 0.25) is 5.91 Å².